The number of likely N-dealkylation sites (tertiary alicyclic amines) is 1. The zero-order valence-corrected chi connectivity index (χ0v) is 16.1. The van der Waals surface area contributed by atoms with Gasteiger partial charge in [-0.3, -0.25) is 0 Å². The summed E-state index contributed by atoms with van der Waals surface area (Å²) in [5.74, 6) is 2.89. The van der Waals surface area contributed by atoms with E-state index in [0.29, 0.717) is 23.8 Å². The van der Waals surface area contributed by atoms with E-state index in [9.17, 15) is 4.79 Å². The van der Waals surface area contributed by atoms with Crippen molar-refractivity contribution in [3.8, 4) is 0 Å². The molecule has 2 amide bonds. The van der Waals surface area contributed by atoms with Crippen LogP contribution in [0.4, 0.5) is 10.6 Å². The number of carbonyl (C=O) groups excluding carboxylic acids is 1. The number of fused-ring (bicyclic) bond motifs is 1. The van der Waals surface area contributed by atoms with Gasteiger partial charge in [0.05, 0.1) is 0 Å². The van der Waals surface area contributed by atoms with Gasteiger partial charge >= 0.3 is 6.03 Å². The molecule has 4 fully saturated rings. The molecule has 0 aromatic carbocycles. The lowest BCUT2D eigenvalue weighted by atomic mass is 10.0. The molecule has 2 saturated heterocycles. The summed E-state index contributed by atoms with van der Waals surface area (Å²) in [7, 11) is 0. The molecular weight excluding hydrogens is 338 g/mol. The first kappa shape index (κ1) is 17.3. The number of hydrogen-bond donors (Lipinski definition) is 1. The van der Waals surface area contributed by atoms with Crippen molar-refractivity contribution in [3.63, 3.8) is 0 Å². The third-order valence-corrected chi connectivity index (χ3v) is 6.95. The van der Waals surface area contributed by atoms with Crippen molar-refractivity contribution >= 4 is 11.8 Å². The standard InChI is InChI=1S/C21H31N5O/c27-21(24-18-5-3-1-2-4-6-18)26-12-16-10-25(11-17(16)13-26)20-9-19(15-7-8-15)22-14-23-20/h9,14-18H,1-8,10-13H2,(H,24,27). The maximum atomic E-state index is 12.7. The number of carbonyl (C=O) groups is 1. The van der Waals surface area contributed by atoms with Gasteiger partial charge in [0.1, 0.15) is 12.1 Å². The molecule has 0 spiro atoms. The van der Waals surface area contributed by atoms with Gasteiger partial charge in [-0.2, -0.15) is 0 Å². The maximum Gasteiger partial charge on any atom is 0.317 e. The Balaban J connectivity index is 1.16. The molecule has 4 aliphatic rings. The van der Waals surface area contributed by atoms with Crippen LogP contribution in [0.15, 0.2) is 12.4 Å². The SMILES string of the molecule is O=C(NC1CCCCCC1)N1CC2CN(c3cc(C4CC4)ncn3)CC2C1. The fourth-order valence-corrected chi connectivity index (χ4v) is 5.17. The first-order chi connectivity index (χ1) is 13.3. The normalized spacial score (nSPS) is 28.9. The first-order valence-electron chi connectivity index (χ1n) is 10.9. The van der Waals surface area contributed by atoms with Crippen LogP contribution in [0.3, 0.4) is 0 Å². The largest absolute Gasteiger partial charge is 0.356 e. The number of nitrogens with zero attached hydrogens (tertiary/aromatic N) is 4. The molecule has 2 aliphatic carbocycles. The smallest absolute Gasteiger partial charge is 0.317 e. The monoisotopic (exact) mass is 369 g/mol. The molecule has 27 heavy (non-hydrogen) atoms. The van der Waals surface area contributed by atoms with E-state index < -0.39 is 0 Å². The Morgan fingerprint density at radius 2 is 1.63 bits per heavy atom. The summed E-state index contributed by atoms with van der Waals surface area (Å²) < 4.78 is 0. The van der Waals surface area contributed by atoms with Crippen LogP contribution in [-0.2, 0) is 0 Å². The molecule has 2 atom stereocenters. The second kappa shape index (κ2) is 7.28. The molecule has 3 heterocycles. The number of urea groups is 1. The third kappa shape index (κ3) is 3.76. The molecule has 146 valence electrons. The van der Waals surface area contributed by atoms with E-state index in [-0.39, 0.29) is 6.03 Å². The highest BCUT2D eigenvalue weighted by Gasteiger charge is 2.42. The molecule has 1 aromatic heterocycles. The molecule has 0 bridgehead atoms. The Kier molecular flexibility index (Phi) is 4.66. The molecule has 2 saturated carbocycles. The second-order valence-electron chi connectivity index (χ2n) is 9.04. The summed E-state index contributed by atoms with van der Waals surface area (Å²) in [6, 6.07) is 2.75. The number of hydrogen-bond acceptors (Lipinski definition) is 4. The van der Waals surface area contributed by atoms with Gasteiger partial charge in [0.25, 0.3) is 0 Å². The van der Waals surface area contributed by atoms with E-state index in [2.05, 4.69) is 31.2 Å². The fourth-order valence-electron chi connectivity index (χ4n) is 5.17. The van der Waals surface area contributed by atoms with E-state index >= 15 is 0 Å². The third-order valence-electron chi connectivity index (χ3n) is 6.95. The van der Waals surface area contributed by atoms with Gasteiger partial charge in [-0.05, 0) is 25.7 Å². The van der Waals surface area contributed by atoms with Crippen molar-refractivity contribution < 1.29 is 4.79 Å². The molecular formula is C21H31N5O. The molecule has 0 radical (unpaired) electrons. The van der Waals surface area contributed by atoms with E-state index in [1.165, 1.54) is 44.2 Å². The summed E-state index contributed by atoms with van der Waals surface area (Å²) in [6.07, 6.45) is 11.7. The average molecular weight is 370 g/mol. The van der Waals surface area contributed by atoms with Crippen molar-refractivity contribution in [2.75, 3.05) is 31.1 Å². The summed E-state index contributed by atoms with van der Waals surface area (Å²) in [5, 5.41) is 3.31. The number of rotatable bonds is 3. The van der Waals surface area contributed by atoms with Gasteiger partial charge in [0.15, 0.2) is 0 Å². The van der Waals surface area contributed by atoms with Crippen LogP contribution >= 0.6 is 0 Å². The van der Waals surface area contributed by atoms with Crippen molar-refractivity contribution in [1.29, 1.82) is 0 Å². The van der Waals surface area contributed by atoms with Crippen molar-refractivity contribution in [1.82, 2.24) is 20.2 Å². The number of nitrogens with one attached hydrogen (secondary N) is 1. The topological polar surface area (TPSA) is 61.4 Å². The highest BCUT2D eigenvalue weighted by molar-refractivity contribution is 5.75. The van der Waals surface area contributed by atoms with Gasteiger partial charge in [0, 0.05) is 61.7 Å². The number of amides is 2. The highest BCUT2D eigenvalue weighted by atomic mass is 16.2. The lowest BCUT2D eigenvalue weighted by molar-refractivity contribution is 0.200. The minimum Gasteiger partial charge on any atom is -0.356 e. The van der Waals surface area contributed by atoms with Gasteiger partial charge in [-0.15, -0.1) is 0 Å². The maximum absolute atomic E-state index is 12.7. The van der Waals surface area contributed by atoms with Gasteiger partial charge in [-0.25, -0.2) is 14.8 Å². The first-order valence-corrected chi connectivity index (χ1v) is 10.9. The quantitative estimate of drug-likeness (QED) is 0.832. The lowest BCUT2D eigenvalue weighted by Gasteiger charge is -2.25. The van der Waals surface area contributed by atoms with Crippen molar-refractivity contribution in [2.45, 2.75) is 63.3 Å². The molecule has 6 nitrogen and oxygen atoms in total. The van der Waals surface area contributed by atoms with Crippen LogP contribution in [0.25, 0.3) is 0 Å². The van der Waals surface area contributed by atoms with Crippen LogP contribution in [0, 0.1) is 11.8 Å². The van der Waals surface area contributed by atoms with Crippen LogP contribution in [0.2, 0.25) is 0 Å². The Labute approximate surface area is 161 Å². The average Bonchev–Trinajstić information content (AvgIpc) is 3.40. The van der Waals surface area contributed by atoms with E-state index in [4.69, 9.17) is 0 Å². The Hall–Kier alpha value is -1.85. The van der Waals surface area contributed by atoms with Crippen LogP contribution in [-0.4, -0.2) is 53.1 Å². The zero-order valence-electron chi connectivity index (χ0n) is 16.1. The predicted molar refractivity (Wildman–Crippen MR) is 105 cm³/mol. The minimum absolute atomic E-state index is 0.168. The predicted octanol–water partition coefficient (Wildman–Crippen LogP) is 3.15. The van der Waals surface area contributed by atoms with Crippen molar-refractivity contribution in [2.24, 2.45) is 11.8 Å². The molecule has 1 N–H and O–H groups in total. The second-order valence-corrected chi connectivity index (χ2v) is 9.04. The fraction of sp³-hybridized carbons (Fsp3) is 0.762. The summed E-state index contributed by atoms with van der Waals surface area (Å²) in [6.45, 7) is 3.80. The van der Waals surface area contributed by atoms with Crippen LogP contribution in [0.5, 0.6) is 0 Å². The van der Waals surface area contributed by atoms with Crippen molar-refractivity contribution in [3.05, 3.63) is 18.1 Å². The zero-order chi connectivity index (χ0) is 18.2. The Morgan fingerprint density at radius 1 is 0.926 bits per heavy atom. The highest BCUT2D eigenvalue weighted by Crippen LogP contribution is 2.40. The Bertz CT molecular complexity index is 669. The number of aromatic nitrogens is 2. The number of anilines is 1. The van der Waals surface area contributed by atoms with Gasteiger partial charge in [0.2, 0.25) is 0 Å². The molecule has 6 heteroatoms. The van der Waals surface area contributed by atoms with E-state index in [1.54, 1.807) is 6.33 Å². The molecule has 2 unspecified atom stereocenters. The molecule has 5 rings (SSSR count). The lowest BCUT2D eigenvalue weighted by Crippen LogP contribution is -2.44. The summed E-state index contributed by atoms with van der Waals surface area (Å²) in [4.78, 5) is 26.1. The van der Waals surface area contributed by atoms with E-state index in [1.807, 2.05) is 0 Å². The molecule has 1 aromatic rings. The van der Waals surface area contributed by atoms with E-state index in [0.717, 1.165) is 44.8 Å². The Morgan fingerprint density at radius 3 is 2.30 bits per heavy atom. The summed E-state index contributed by atoms with van der Waals surface area (Å²) >= 11 is 0. The molecule has 2 aliphatic heterocycles. The van der Waals surface area contributed by atoms with Gasteiger partial charge < -0.3 is 15.1 Å². The minimum atomic E-state index is 0.168. The van der Waals surface area contributed by atoms with Gasteiger partial charge in [-0.1, -0.05) is 25.7 Å². The van der Waals surface area contributed by atoms with Crippen LogP contribution in [0.1, 0.15) is 63.0 Å². The summed E-state index contributed by atoms with van der Waals surface area (Å²) in [5.41, 5.74) is 1.21. The van der Waals surface area contributed by atoms with Crippen LogP contribution < -0.4 is 10.2 Å².